The van der Waals surface area contributed by atoms with Crippen LogP contribution in [0.15, 0.2) is 65.0 Å². The van der Waals surface area contributed by atoms with Crippen molar-refractivity contribution in [3.05, 3.63) is 83.2 Å². The number of likely N-dealkylation sites (tertiary alicyclic amines) is 1. The molecule has 5 amide bonds. The largest absolute Gasteiger partial charge is 0.444 e. The maximum Gasteiger partial charge on any atom is 0.405 e. The van der Waals surface area contributed by atoms with Gasteiger partial charge in [-0.15, -0.1) is 11.3 Å². The lowest BCUT2D eigenvalue weighted by atomic mass is 9.85. The van der Waals surface area contributed by atoms with Gasteiger partial charge in [0.25, 0.3) is 11.8 Å². The molecule has 0 unspecified atom stereocenters. The number of ether oxygens (including phenoxy) is 6. The summed E-state index contributed by atoms with van der Waals surface area (Å²) in [6, 6.07) is 8.65. The number of carbonyl (C=O) groups is 5. The van der Waals surface area contributed by atoms with E-state index in [9.17, 15) is 42.3 Å². The lowest BCUT2D eigenvalue weighted by Gasteiger charge is -2.35. The van der Waals surface area contributed by atoms with Crippen molar-refractivity contribution < 1.29 is 75.1 Å². The van der Waals surface area contributed by atoms with E-state index < -0.39 is 65.9 Å². The summed E-state index contributed by atoms with van der Waals surface area (Å²) < 4.78 is 77.6. The predicted octanol–water partition coefficient (Wildman–Crippen LogP) is 3.77. The number of β-amino-alcohol motifs (C(OH)–C–C–N with tert-alkyl or cyclic N) is 1. The second-order valence-corrected chi connectivity index (χ2v) is 20.1. The molecule has 28 heteroatoms. The normalized spacial score (nSPS) is 14.9. The third kappa shape index (κ3) is 20.0. The van der Waals surface area contributed by atoms with Gasteiger partial charge < -0.3 is 69.4 Å². The van der Waals surface area contributed by atoms with E-state index in [4.69, 9.17) is 32.8 Å². The molecule has 80 heavy (non-hydrogen) atoms. The zero-order valence-corrected chi connectivity index (χ0v) is 45.9. The van der Waals surface area contributed by atoms with E-state index >= 15 is 0 Å². The van der Waals surface area contributed by atoms with E-state index in [-0.39, 0.29) is 107 Å². The van der Waals surface area contributed by atoms with Crippen LogP contribution in [0.2, 0.25) is 0 Å². The maximum atomic E-state index is 13.9. The highest BCUT2D eigenvalue weighted by atomic mass is 32.1. The molecule has 1 saturated heterocycles. The van der Waals surface area contributed by atoms with Crippen LogP contribution in [0.25, 0.3) is 21.9 Å². The second kappa shape index (κ2) is 30.6. The molecule has 0 spiro atoms. The van der Waals surface area contributed by atoms with Gasteiger partial charge in [0.2, 0.25) is 23.6 Å². The van der Waals surface area contributed by atoms with Gasteiger partial charge >= 0.3 is 6.18 Å². The molecule has 0 saturated carbocycles. The Kier molecular flexibility index (Phi) is 23.8. The fourth-order valence-electron chi connectivity index (χ4n) is 7.86. The van der Waals surface area contributed by atoms with Crippen LogP contribution in [0.3, 0.4) is 0 Å². The van der Waals surface area contributed by atoms with Crippen molar-refractivity contribution in [1.29, 1.82) is 0 Å². The quantitative estimate of drug-likeness (QED) is 0.0334. The number of anilines is 2. The Bertz CT molecular complexity index is 2790. The summed E-state index contributed by atoms with van der Waals surface area (Å²) in [5.41, 5.74) is 4.09. The van der Waals surface area contributed by atoms with Crippen LogP contribution >= 0.6 is 11.3 Å². The number of aromatic nitrogens is 5. The molecule has 436 valence electrons. The van der Waals surface area contributed by atoms with E-state index in [0.29, 0.717) is 33.0 Å². The molecule has 24 nitrogen and oxygen atoms in total. The molecule has 1 fully saturated rings. The van der Waals surface area contributed by atoms with Crippen molar-refractivity contribution in [2.24, 2.45) is 12.5 Å². The number of pyridine rings is 1. The summed E-state index contributed by atoms with van der Waals surface area (Å²) >= 11 is 1.56. The molecule has 4 aromatic heterocycles. The van der Waals surface area contributed by atoms with Gasteiger partial charge in [-0.05, 0) is 35.6 Å². The van der Waals surface area contributed by atoms with Crippen molar-refractivity contribution in [3.8, 4) is 21.9 Å². The number of nitrogens with zero attached hydrogens (tertiary/aromatic N) is 6. The number of alkyl halides is 3. The highest BCUT2D eigenvalue weighted by Crippen LogP contribution is 2.29. The molecule has 5 heterocycles. The van der Waals surface area contributed by atoms with Crippen LogP contribution in [-0.4, -0.2) is 188 Å². The van der Waals surface area contributed by atoms with E-state index in [0.717, 1.165) is 28.0 Å². The van der Waals surface area contributed by atoms with E-state index in [1.807, 2.05) is 31.2 Å². The summed E-state index contributed by atoms with van der Waals surface area (Å²) in [7, 11) is 1.57. The van der Waals surface area contributed by atoms with E-state index in [2.05, 4.69) is 46.6 Å². The average molecular weight is 1140 g/mol. The number of aryl methyl sites for hydroxylation is 2. The first kappa shape index (κ1) is 62.3. The molecule has 0 bridgehead atoms. The Balaban J connectivity index is 0.744. The van der Waals surface area contributed by atoms with Crippen LogP contribution in [0.5, 0.6) is 0 Å². The third-order valence-electron chi connectivity index (χ3n) is 11.8. The molecule has 1 aliphatic heterocycles. The number of amides is 5. The number of aliphatic hydroxyl groups is 1. The topological polar surface area (TPSA) is 294 Å². The summed E-state index contributed by atoms with van der Waals surface area (Å²) in [4.78, 5) is 80.8. The number of hydrogen-bond acceptors (Lipinski definition) is 19. The molecule has 0 aliphatic carbocycles. The van der Waals surface area contributed by atoms with Gasteiger partial charge in [0, 0.05) is 51.1 Å². The fourth-order valence-corrected chi connectivity index (χ4v) is 8.68. The van der Waals surface area contributed by atoms with Gasteiger partial charge in [-0.2, -0.15) is 18.3 Å². The highest BCUT2D eigenvalue weighted by molar-refractivity contribution is 7.13. The molecule has 6 N–H and O–H groups in total. The molecule has 1 aliphatic rings. The van der Waals surface area contributed by atoms with Gasteiger partial charge in [0.1, 0.15) is 37.3 Å². The first-order chi connectivity index (χ1) is 38.3. The van der Waals surface area contributed by atoms with Gasteiger partial charge in [-0.1, -0.05) is 45.0 Å². The molecular weight excluding hydrogens is 1080 g/mol. The standard InChI is InChI=1S/C52H68F3N11O13S/c1-33-44(80-32-60-33)35-8-6-34(7-9-35)26-58-47(70)40-25-37(67)27-66(40)50(72)45(51(2,3)4)63-42(68)30-78-23-22-77-21-20-76-19-18-75-17-16-74-15-14-73-13-12-57-48(71)43-38(28-65(5)64-43)61-46(69)39-29-79-49(62-39)36-10-11-56-41(24-36)59-31-52(53,54)55/h6-11,24,28-29,32,37,40,45,67H,12-23,25-27,30-31H2,1-5H3,(H,56,59)(H,57,71)(H,58,70)(H,61,69)(H,63,68)/t37-,40+,45-/m1/s1. The Morgan fingerprint density at radius 1 is 0.838 bits per heavy atom. The number of aliphatic hydroxyl groups excluding tert-OH is 1. The van der Waals surface area contributed by atoms with Gasteiger partial charge in [0.15, 0.2) is 11.4 Å². The number of hydrogen-bond donors (Lipinski definition) is 6. The SMILES string of the molecule is Cc1ncsc1-c1ccc(CNC(=O)[C@@H]2C[C@@H](O)CN2C(=O)[C@@H](NC(=O)COCCOCCOCCOCCOCCOCCNC(=O)c2nn(C)cc2NC(=O)c2coc(-c3ccnc(NCC(F)(F)F)c3)n2)C(C)(C)C)cc1. The van der Waals surface area contributed by atoms with Crippen LogP contribution in [0.1, 0.15) is 59.4 Å². The number of nitrogens with one attached hydrogen (secondary N) is 5. The minimum atomic E-state index is -4.45. The Hall–Kier alpha value is -6.92. The van der Waals surface area contributed by atoms with Gasteiger partial charge in [-0.3, -0.25) is 28.7 Å². The predicted molar refractivity (Wildman–Crippen MR) is 284 cm³/mol. The molecule has 6 rings (SSSR count). The van der Waals surface area contributed by atoms with Crippen LogP contribution in [0.4, 0.5) is 24.7 Å². The maximum absolute atomic E-state index is 13.9. The fraction of sp³-hybridized carbons (Fsp3) is 0.519. The number of carbonyl (C=O) groups excluding carboxylic acids is 5. The third-order valence-corrected chi connectivity index (χ3v) is 12.8. The molecule has 0 radical (unpaired) electrons. The number of benzene rings is 1. The van der Waals surface area contributed by atoms with Crippen molar-refractivity contribution in [2.75, 3.05) is 110 Å². The summed E-state index contributed by atoms with van der Waals surface area (Å²) in [5, 5.41) is 27.8. The van der Waals surface area contributed by atoms with Crippen LogP contribution in [-0.2, 0) is 56.4 Å². The van der Waals surface area contributed by atoms with Gasteiger partial charge in [0.05, 0.1) is 101 Å². The Labute approximate surface area is 463 Å². The Morgan fingerprint density at radius 3 is 2.09 bits per heavy atom. The van der Waals surface area contributed by atoms with Crippen molar-refractivity contribution in [1.82, 2.24) is 45.6 Å². The van der Waals surface area contributed by atoms with Crippen LogP contribution in [0, 0.1) is 12.3 Å². The minimum absolute atomic E-state index is 0.0365. The lowest BCUT2D eigenvalue weighted by Crippen LogP contribution is -2.58. The first-order valence-corrected chi connectivity index (χ1v) is 26.5. The first-order valence-electron chi connectivity index (χ1n) is 25.6. The summed E-state index contributed by atoms with van der Waals surface area (Å²) in [6.07, 6.45) is -1.50. The number of rotatable bonds is 32. The highest BCUT2D eigenvalue weighted by Gasteiger charge is 2.44. The summed E-state index contributed by atoms with van der Waals surface area (Å²) in [5.74, 6) is -2.77. The molecule has 3 atom stereocenters. The van der Waals surface area contributed by atoms with Crippen molar-refractivity contribution in [2.45, 2.75) is 65.0 Å². The van der Waals surface area contributed by atoms with E-state index in [1.165, 1.54) is 34.1 Å². The number of halogens is 3. The zero-order valence-electron chi connectivity index (χ0n) is 45.1. The van der Waals surface area contributed by atoms with Crippen molar-refractivity contribution in [3.63, 3.8) is 0 Å². The molecule has 1 aromatic carbocycles. The monoisotopic (exact) mass is 1140 g/mol. The van der Waals surface area contributed by atoms with Gasteiger partial charge in [-0.25, -0.2) is 15.0 Å². The number of oxazole rings is 1. The number of thiazole rings is 1. The smallest absolute Gasteiger partial charge is 0.405 e. The molecular formula is C52H68F3N11O13S. The van der Waals surface area contributed by atoms with E-state index in [1.54, 1.807) is 44.7 Å². The lowest BCUT2D eigenvalue weighted by molar-refractivity contribution is -0.144. The Morgan fingerprint density at radius 2 is 1.48 bits per heavy atom. The zero-order chi connectivity index (χ0) is 57.7. The average Bonchev–Trinajstić information content (AvgIpc) is 4.25. The second-order valence-electron chi connectivity index (χ2n) is 19.3. The minimum Gasteiger partial charge on any atom is -0.444 e. The molecule has 5 aromatic rings. The van der Waals surface area contributed by atoms with Crippen LogP contribution < -0.4 is 26.6 Å². The van der Waals surface area contributed by atoms with Crippen molar-refractivity contribution >= 4 is 52.4 Å². The summed E-state index contributed by atoms with van der Waals surface area (Å²) in [6.45, 7) is 9.03.